The SMILES string of the molecule is COc1cc(N=Cc2cc(Br)cc(Br)c2O)cc(OC)c1OC. The van der Waals surface area contributed by atoms with Gasteiger partial charge in [0.25, 0.3) is 0 Å². The van der Waals surface area contributed by atoms with Gasteiger partial charge in [-0.25, -0.2) is 0 Å². The molecular weight excluding hydrogens is 430 g/mol. The van der Waals surface area contributed by atoms with Gasteiger partial charge in [-0.05, 0) is 28.1 Å². The van der Waals surface area contributed by atoms with Crippen LogP contribution in [0, 0.1) is 0 Å². The summed E-state index contributed by atoms with van der Waals surface area (Å²) in [7, 11) is 4.63. The third-order valence-corrected chi connectivity index (χ3v) is 4.12. The van der Waals surface area contributed by atoms with Gasteiger partial charge >= 0.3 is 0 Å². The summed E-state index contributed by atoms with van der Waals surface area (Å²) in [5.74, 6) is 1.64. The van der Waals surface area contributed by atoms with Crippen molar-refractivity contribution in [1.29, 1.82) is 0 Å². The van der Waals surface area contributed by atoms with Crippen LogP contribution in [-0.4, -0.2) is 32.7 Å². The molecule has 0 bridgehead atoms. The van der Waals surface area contributed by atoms with Crippen molar-refractivity contribution in [3.8, 4) is 23.0 Å². The van der Waals surface area contributed by atoms with Gasteiger partial charge in [0.15, 0.2) is 11.5 Å². The zero-order chi connectivity index (χ0) is 17.0. The third kappa shape index (κ3) is 3.97. The minimum atomic E-state index is 0.115. The molecule has 0 heterocycles. The number of benzene rings is 2. The normalized spacial score (nSPS) is 10.8. The topological polar surface area (TPSA) is 60.3 Å². The number of aromatic hydroxyl groups is 1. The lowest BCUT2D eigenvalue weighted by molar-refractivity contribution is 0.324. The van der Waals surface area contributed by atoms with Crippen LogP contribution >= 0.6 is 31.9 Å². The predicted octanol–water partition coefficient (Wildman–Crippen LogP) is 4.69. The molecular formula is C16H15Br2NO4. The maximum Gasteiger partial charge on any atom is 0.203 e. The van der Waals surface area contributed by atoms with Crippen molar-refractivity contribution in [2.75, 3.05) is 21.3 Å². The Morgan fingerprint density at radius 1 is 0.957 bits per heavy atom. The summed E-state index contributed by atoms with van der Waals surface area (Å²) in [6, 6.07) is 6.97. The van der Waals surface area contributed by atoms with Gasteiger partial charge in [-0.2, -0.15) is 0 Å². The van der Waals surface area contributed by atoms with E-state index in [0.29, 0.717) is 33.0 Å². The average molecular weight is 445 g/mol. The van der Waals surface area contributed by atoms with Crippen molar-refractivity contribution in [3.05, 3.63) is 38.8 Å². The molecule has 0 saturated heterocycles. The molecule has 0 radical (unpaired) electrons. The Balaban J connectivity index is 2.44. The van der Waals surface area contributed by atoms with Gasteiger partial charge in [0, 0.05) is 28.4 Å². The lowest BCUT2D eigenvalue weighted by atomic mass is 10.2. The van der Waals surface area contributed by atoms with Crippen LogP contribution in [0.4, 0.5) is 5.69 Å². The number of aliphatic imine (C=N–C) groups is 1. The number of phenols is 1. The van der Waals surface area contributed by atoms with Crippen LogP contribution in [0.2, 0.25) is 0 Å². The van der Waals surface area contributed by atoms with Crippen molar-refractivity contribution >= 4 is 43.8 Å². The van der Waals surface area contributed by atoms with E-state index in [-0.39, 0.29) is 5.75 Å². The van der Waals surface area contributed by atoms with Gasteiger partial charge in [-0.3, -0.25) is 4.99 Å². The average Bonchev–Trinajstić information content (AvgIpc) is 2.55. The molecule has 1 N–H and O–H groups in total. The molecule has 0 amide bonds. The molecule has 0 spiro atoms. The number of rotatable bonds is 5. The van der Waals surface area contributed by atoms with E-state index in [2.05, 4.69) is 36.9 Å². The fourth-order valence-electron chi connectivity index (χ4n) is 1.97. The van der Waals surface area contributed by atoms with E-state index in [0.717, 1.165) is 4.47 Å². The first-order valence-corrected chi connectivity index (χ1v) is 8.10. The summed E-state index contributed by atoms with van der Waals surface area (Å²) in [5.41, 5.74) is 1.18. The quantitative estimate of drug-likeness (QED) is 0.679. The van der Waals surface area contributed by atoms with Crippen LogP contribution in [0.1, 0.15) is 5.56 Å². The Morgan fingerprint density at radius 2 is 1.57 bits per heavy atom. The van der Waals surface area contributed by atoms with E-state index in [1.54, 1.807) is 51.8 Å². The van der Waals surface area contributed by atoms with Crippen molar-refractivity contribution in [2.45, 2.75) is 0 Å². The largest absolute Gasteiger partial charge is 0.506 e. The molecule has 0 saturated carbocycles. The summed E-state index contributed by atoms with van der Waals surface area (Å²) >= 11 is 6.67. The molecule has 0 aliphatic carbocycles. The van der Waals surface area contributed by atoms with Crippen LogP contribution in [0.5, 0.6) is 23.0 Å². The van der Waals surface area contributed by atoms with E-state index in [1.807, 2.05) is 0 Å². The monoisotopic (exact) mass is 443 g/mol. The van der Waals surface area contributed by atoms with Crippen LogP contribution in [-0.2, 0) is 0 Å². The molecule has 0 aromatic heterocycles. The maximum absolute atomic E-state index is 10.1. The molecule has 0 unspecified atom stereocenters. The highest BCUT2D eigenvalue weighted by molar-refractivity contribution is 9.11. The number of ether oxygens (including phenoxy) is 3. The molecule has 7 heteroatoms. The lowest BCUT2D eigenvalue weighted by Crippen LogP contribution is -1.94. The predicted molar refractivity (Wildman–Crippen MR) is 96.9 cm³/mol. The van der Waals surface area contributed by atoms with Gasteiger partial charge < -0.3 is 19.3 Å². The smallest absolute Gasteiger partial charge is 0.203 e. The minimum Gasteiger partial charge on any atom is -0.506 e. The van der Waals surface area contributed by atoms with Crippen molar-refractivity contribution in [2.24, 2.45) is 4.99 Å². The number of halogens is 2. The Bertz CT molecular complexity index is 722. The number of nitrogens with zero attached hydrogens (tertiary/aromatic N) is 1. The second-order valence-electron chi connectivity index (χ2n) is 4.47. The molecule has 0 aliphatic rings. The lowest BCUT2D eigenvalue weighted by Gasteiger charge is -2.12. The molecule has 2 aromatic carbocycles. The van der Waals surface area contributed by atoms with Crippen LogP contribution in [0.15, 0.2) is 38.2 Å². The highest BCUT2D eigenvalue weighted by Crippen LogP contribution is 2.41. The van der Waals surface area contributed by atoms with E-state index in [9.17, 15) is 5.11 Å². The minimum absolute atomic E-state index is 0.115. The van der Waals surface area contributed by atoms with Gasteiger partial charge in [0.05, 0.1) is 31.5 Å². The van der Waals surface area contributed by atoms with Gasteiger partial charge in [-0.15, -0.1) is 0 Å². The van der Waals surface area contributed by atoms with E-state index in [4.69, 9.17) is 14.2 Å². The summed E-state index contributed by atoms with van der Waals surface area (Å²) in [6.07, 6.45) is 1.56. The molecule has 5 nitrogen and oxygen atoms in total. The fraction of sp³-hybridized carbons (Fsp3) is 0.188. The highest BCUT2D eigenvalue weighted by Gasteiger charge is 2.13. The van der Waals surface area contributed by atoms with E-state index >= 15 is 0 Å². The third-order valence-electron chi connectivity index (χ3n) is 3.06. The Kier molecular flexibility index (Phi) is 5.90. The molecule has 2 rings (SSSR count). The van der Waals surface area contributed by atoms with Crippen molar-refractivity contribution < 1.29 is 19.3 Å². The van der Waals surface area contributed by atoms with E-state index in [1.165, 1.54) is 0 Å². The Hall–Kier alpha value is -1.73. The fourth-order valence-corrected chi connectivity index (χ4v) is 3.23. The number of hydrogen-bond donors (Lipinski definition) is 1. The number of hydrogen-bond acceptors (Lipinski definition) is 5. The highest BCUT2D eigenvalue weighted by atomic mass is 79.9. The number of methoxy groups -OCH3 is 3. The molecule has 23 heavy (non-hydrogen) atoms. The summed E-state index contributed by atoms with van der Waals surface area (Å²) in [6.45, 7) is 0. The first-order valence-electron chi connectivity index (χ1n) is 6.52. The summed E-state index contributed by atoms with van der Waals surface area (Å²) in [5, 5.41) is 10.1. The molecule has 0 atom stereocenters. The first-order chi connectivity index (χ1) is 11.0. The first kappa shape index (κ1) is 17.6. The molecule has 0 fully saturated rings. The van der Waals surface area contributed by atoms with Crippen LogP contribution in [0.3, 0.4) is 0 Å². The zero-order valence-corrected chi connectivity index (χ0v) is 15.9. The Labute approximate surface area is 151 Å². The maximum atomic E-state index is 10.1. The van der Waals surface area contributed by atoms with Crippen LogP contribution in [0.25, 0.3) is 0 Å². The van der Waals surface area contributed by atoms with Gasteiger partial charge in [-0.1, -0.05) is 15.9 Å². The Morgan fingerprint density at radius 3 is 2.09 bits per heavy atom. The standard InChI is InChI=1S/C16H15Br2NO4/c1-21-13-6-11(7-14(22-2)16(13)23-3)19-8-9-4-10(17)5-12(18)15(9)20/h4-8,20H,1-3H3. The summed E-state index contributed by atoms with van der Waals surface area (Å²) in [4.78, 5) is 4.37. The van der Waals surface area contributed by atoms with E-state index < -0.39 is 0 Å². The second kappa shape index (κ2) is 7.70. The second-order valence-corrected chi connectivity index (χ2v) is 6.24. The van der Waals surface area contributed by atoms with Crippen molar-refractivity contribution in [1.82, 2.24) is 0 Å². The zero-order valence-electron chi connectivity index (χ0n) is 12.8. The van der Waals surface area contributed by atoms with Crippen LogP contribution < -0.4 is 14.2 Å². The molecule has 2 aromatic rings. The van der Waals surface area contributed by atoms with Gasteiger partial charge in [0.1, 0.15) is 5.75 Å². The molecule has 0 aliphatic heterocycles. The molecule has 122 valence electrons. The summed E-state index contributed by atoms with van der Waals surface area (Å²) < 4.78 is 17.3. The van der Waals surface area contributed by atoms with Gasteiger partial charge in [0.2, 0.25) is 5.75 Å². The number of phenolic OH excluding ortho intramolecular Hbond substituents is 1. The van der Waals surface area contributed by atoms with Crippen molar-refractivity contribution in [3.63, 3.8) is 0 Å².